The summed E-state index contributed by atoms with van der Waals surface area (Å²) in [6, 6.07) is 3.60. The number of hydrogen-bond donors (Lipinski definition) is 1. The van der Waals surface area contributed by atoms with Gasteiger partial charge in [0, 0.05) is 31.9 Å². The van der Waals surface area contributed by atoms with Crippen molar-refractivity contribution < 1.29 is 0 Å². The van der Waals surface area contributed by atoms with Crippen LogP contribution in [0.3, 0.4) is 0 Å². The van der Waals surface area contributed by atoms with Crippen molar-refractivity contribution in [3.63, 3.8) is 0 Å². The van der Waals surface area contributed by atoms with Gasteiger partial charge < -0.3 is 5.32 Å². The molecule has 1 aromatic rings. The monoisotopic (exact) mass is 234 g/mol. The fourth-order valence-corrected chi connectivity index (χ4v) is 3.30. The Labute approximate surface area is 103 Å². The van der Waals surface area contributed by atoms with Gasteiger partial charge in [-0.3, -0.25) is 9.58 Å². The van der Waals surface area contributed by atoms with Crippen molar-refractivity contribution in [2.24, 2.45) is 7.05 Å². The van der Waals surface area contributed by atoms with Crippen molar-refractivity contribution in [2.75, 3.05) is 13.1 Å². The summed E-state index contributed by atoms with van der Waals surface area (Å²) >= 11 is 0. The first-order chi connectivity index (χ1) is 8.33. The van der Waals surface area contributed by atoms with Gasteiger partial charge in [-0.2, -0.15) is 5.10 Å². The fraction of sp³-hybridized carbons (Fsp3) is 0.769. The molecule has 0 amide bonds. The first kappa shape index (κ1) is 11.2. The Bertz CT molecular complexity index is 367. The number of nitrogens with zero attached hydrogens (tertiary/aromatic N) is 3. The molecule has 2 atom stereocenters. The quantitative estimate of drug-likeness (QED) is 0.851. The zero-order chi connectivity index (χ0) is 11.7. The normalized spacial score (nSPS) is 30.2. The highest BCUT2D eigenvalue weighted by Crippen LogP contribution is 2.25. The molecule has 1 N–H and O–H groups in total. The summed E-state index contributed by atoms with van der Waals surface area (Å²) in [5.74, 6) is 0. The van der Waals surface area contributed by atoms with Crippen molar-refractivity contribution in [3.05, 3.63) is 18.0 Å². The summed E-state index contributed by atoms with van der Waals surface area (Å²) in [5.41, 5.74) is 1.21. The Hall–Kier alpha value is -0.870. The van der Waals surface area contributed by atoms with E-state index in [4.69, 9.17) is 0 Å². The molecule has 0 radical (unpaired) electrons. The van der Waals surface area contributed by atoms with Crippen LogP contribution in [0.2, 0.25) is 0 Å². The highest BCUT2D eigenvalue weighted by Gasteiger charge is 2.33. The summed E-state index contributed by atoms with van der Waals surface area (Å²) in [6.07, 6.45) is 7.43. The zero-order valence-corrected chi connectivity index (χ0v) is 10.6. The van der Waals surface area contributed by atoms with Gasteiger partial charge in [-0.25, -0.2) is 0 Å². The van der Waals surface area contributed by atoms with E-state index in [1.165, 1.54) is 44.5 Å². The average Bonchev–Trinajstić information content (AvgIpc) is 3.00. The molecule has 17 heavy (non-hydrogen) atoms. The number of aromatic nitrogens is 2. The van der Waals surface area contributed by atoms with E-state index >= 15 is 0 Å². The number of aryl methyl sites for hydroxylation is 1. The fourth-order valence-electron chi connectivity index (χ4n) is 3.30. The minimum absolute atomic E-state index is 0.723. The van der Waals surface area contributed by atoms with Crippen molar-refractivity contribution in [3.8, 4) is 0 Å². The van der Waals surface area contributed by atoms with Crippen molar-refractivity contribution >= 4 is 0 Å². The van der Waals surface area contributed by atoms with Crippen molar-refractivity contribution in [1.29, 1.82) is 0 Å². The lowest BCUT2D eigenvalue weighted by Crippen LogP contribution is -2.43. The van der Waals surface area contributed by atoms with Crippen LogP contribution in [0.4, 0.5) is 0 Å². The molecular weight excluding hydrogens is 212 g/mol. The van der Waals surface area contributed by atoms with Crippen LogP contribution >= 0.6 is 0 Å². The van der Waals surface area contributed by atoms with Gasteiger partial charge >= 0.3 is 0 Å². The van der Waals surface area contributed by atoms with E-state index in [-0.39, 0.29) is 0 Å². The third-order valence-electron chi connectivity index (χ3n) is 4.11. The maximum Gasteiger partial charge on any atom is 0.0764 e. The second-order valence-corrected chi connectivity index (χ2v) is 5.36. The highest BCUT2D eigenvalue weighted by atomic mass is 15.3. The van der Waals surface area contributed by atoms with Gasteiger partial charge in [-0.15, -0.1) is 0 Å². The average molecular weight is 234 g/mol. The standard InChI is InChI=1S/C13H22N4/c1-16-9-6-11(15-16)10-17-8-3-5-13(17)12-4-2-7-14-12/h6,9,12-14H,2-5,7-8,10H2,1H3. The van der Waals surface area contributed by atoms with Crippen LogP contribution in [0.1, 0.15) is 31.4 Å². The maximum atomic E-state index is 4.49. The van der Waals surface area contributed by atoms with Gasteiger partial charge in [-0.1, -0.05) is 0 Å². The van der Waals surface area contributed by atoms with Crippen LogP contribution in [-0.2, 0) is 13.6 Å². The van der Waals surface area contributed by atoms with E-state index in [1.807, 2.05) is 17.9 Å². The lowest BCUT2D eigenvalue weighted by molar-refractivity contribution is 0.204. The van der Waals surface area contributed by atoms with Crippen LogP contribution < -0.4 is 5.32 Å². The maximum absolute atomic E-state index is 4.49. The second-order valence-electron chi connectivity index (χ2n) is 5.36. The molecule has 0 saturated carbocycles. The minimum Gasteiger partial charge on any atom is -0.312 e. The molecule has 0 aliphatic carbocycles. The molecule has 0 bridgehead atoms. The number of likely N-dealkylation sites (tertiary alicyclic amines) is 1. The van der Waals surface area contributed by atoms with Gasteiger partial charge in [-0.05, 0) is 44.8 Å². The lowest BCUT2D eigenvalue weighted by atomic mass is 10.0. The molecule has 94 valence electrons. The van der Waals surface area contributed by atoms with Crippen LogP contribution in [0, 0.1) is 0 Å². The lowest BCUT2D eigenvalue weighted by Gasteiger charge is -2.28. The van der Waals surface area contributed by atoms with Crippen molar-refractivity contribution in [2.45, 2.75) is 44.3 Å². The molecule has 0 aromatic carbocycles. The van der Waals surface area contributed by atoms with E-state index in [0.29, 0.717) is 0 Å². The van der Waals surface area contributed by atoms with E-state index in [1.54, 1.807) is 0 Å². The summed E-state index contributed by atoms with van der Waals surface area (Å²) in [7, 11) is 1.99. The van der Waals surface area contributed by atoms with E-state index in [9.17, 15) is 0 Å². The van der Waals surface area contributed by atoms with Gasteiger partial charge in [0.2, 0.25) is 0 Å². The molecule has 2 unspecified atom stereocenters. The van der Waals surface area contributed by atoms with Gasteiger partial charge in [0.15, 0.2) is 0 Å². The molecule has 1 aromatic heterocycles. The van der Waals surface area contributed by atoms with E-state index in [2.05, 4.69) is 21.4 Å². The largest absolute Gasteiger partial charge is 0.312 e. The minimum atomic E-state index is 0.723. The molecule has 4 nitrogen and oxygen atoms in total. The third kappa shape index (κ3) is 2.38. The zero-order valence-electron chi connectivity index (χ0n) is 10.6. The molecule has 2 aliphatic rings. The SMILES string of the molecule is Cn1ccc(CN2CCCC2C2CCCN2)n1. The van der Waals surface area contributed by atoms with Gasteiger partial charge in [0.1, 0.15) is 0 Å². The predicted molar refractivity (Wildman–Crippen MR) is 67.7 cm³/mol. The summed E-state index contributed by atoms with van der Waals surface area (Å²) in [4.78, 5) is 2.62. The van der Waals surface area contributed by atoms with Gasteiger partial charge in [0.05, 0.1) is 5.69 Å². The topological polar surface area (TPSA) is 33.1 Å². The summed E-state index contributed by atoms with van der Waals surface area (Å²) in [5, 5.41) is 8.14. The molecule has 2 fully saturated rings. The number of rotatable bonds is 3. The van der Waals surface area contributed by atoms with Crippen LogP contribution in [0.5, 0.6) is 0 Å². The Morgan fingerprint density at radius 1 is 1.41 bits per heavy atom. The molecule has 2 aliphatic heterocycles. The smallest absolute Gasteiger partial charge is 0.0764 e. The first-order valence-corrected chi connectivity index (χ1v) is 6.79. The Kier molecular flexibility index (Phi) is 3.16. The number of nitrogens with one attached hydrogen (secondary N) is 1. The Morgan fingerprint density at radius 2 is 2.35 bits per heavy atom. The first-order valence-electron chi connectivity index (χ1n) is 6.79. The Morgan fingerprint density at radius 3 is 3.06 bits per heavy atom. The van der Waals surface area contributed by atoms with Crippen LogP contribution in [0.25, 0.3) is 0 Å². The molecule has 3 rings (SSSR count). The van der Waals surface area contributed by atoms with E-state index in [0.717, 1.165) is 18.6 Å². The van der Waals surface area contributed by atoms with Gasteiger partial charge in [0.25, 0.3) is 0 Å². The molecule has 0 spiro atoms. The highest BCUT2D eigenvalue weighted by molar-refractivity contribution is 5.01. The molecule has 4 heteroatoms. The molecule has 2 saturated heterocycles. The summed E-state index contributed by atoms with van der Waals surface area (Å²) in [6.45, 7) is 3.46. The molecular formula is C13H22N4. The predicted octanol–water partition coefficient (Wildman–Crippen LogP) is 1.14. The third-order valence-corrected chi connectivity index (χ3v) is 4.11. The summed E-state index contributed by atoms with van der Waals surface area (Å²) < 4.78 is 1.90. The van der Waals surface area contributed by atoms with Crippen LogP contribution in [0.15, 0.2) is 12.3 Å². The Balaban J connectivity index is 1.65. The molecule has 3 heterocycles. The second kappa shape index (κ2) is 4.78. The van der Waals surface area contributed by atoms with Crippen LogP contribution in [-0.4, -0.2) is 39.9 Å². The number of hydrogen-bond acceptors (Lipinski definition) is 3. The van der Waals surface area contributed by atoms with E-state index < -0.39 is 0 Å². The van der Waals surface area contributed by atoms with Crippen molar-refractivity contribution in [1.82, 2.24) is 20.0 Å².